The molecule has 4 saturated carbocycles. The minimum atomic E-state index is 0.167. The fourth-order valence-corrected chi connectivity index (χ4v) is 6.97. The van der Waals surface area contributed by atoms with Crippen molar-refractivity contribution in [2.24, 2.45) is 23.2 Å². The molecule has 1 aromatic heterocycles. The number of rotatable bonds is 4. The second-order valence-corrected chi connectivity index (χ2v) is 9.91. The summed E-state index contributed by atoms with van der Waals surface area (Å²) in [7, 11) is 0. The van der Waals surface area contributed by atoms with E-state index in [-0.39, 0.29) is 11.3 Å². The van der Waals surface area contributed by atoms with Gasteiger partial charge in [-0.25, -0.2) is 9.97 Å². The second kappa shape index (κ2) is 6.46. The van der Waals surface area contributed by atoms with E-state index in [4.69, 9.17) is 9.97 Å². The van der Waals surface area contributed by atoms with E-state index in [2.05, 4.69) is 10.2 Å². The minimum Gasteiger partial charge on any atom is -0.341 e. The highest BCUT2D eigenvalue weighted by Crippen LogP contribution is 2.61. The molecule has 0 spiro atoms. The number of nitrogens with one attached hydrogen (secondary N) is 1. The Balaban J connectivity index is 1.30. The van der Waals surface area contributed by atoms with Crippen LogP contribution in [-0.4, -0.2) is 29.0 Å². The van der Waals surface area contributed by atoms with Gasteiger partial charge in [-0.3, -0.25) is 4.79 Å². The molecular weight excluding hydrogens is 336 g/mol. The SMILES string of the molecule is Cc1nc(N2CCCC2)nc(C)c1NC(=O)CC12CC3CC(CC(C3)C1)C2. The number of aryl methyl sites for hydroxylation is 2. The first-order valence-electron chi connectivity index (χ1n) is 10.9. The molecule has 1 aliphatic heterocycles. The first-order chi connectivity index (χ1) is 13.0. The number of carbonyl (C=O) groups is 1. The zero-order chi connectivity index (χ0) is 18.6. The highest BCUT2D eigenvalue weighted by Gasteiger charge is 2.51. The Kier molecular flexibility index (Phi) is 4.17. The molecule has 0 aromatic carbocycles. The van der Waals surface area contributed by atoms with Crippen LogP contribution in [0.1, 0.15) is 69.2 Å². The molecule has 0 radical (unpaired) electrons. The van der Waals surface area contributed by atoms with E-state index >= 15 is 0 Å². The summed E-state index contributed by atoms with van der Waals surface area (Å²) in [6.45, 7) is 6.07. The zero-order valence-electron chi connectivity index (χ0n) is 16.8. The van der Waals surface area contributed by atoms with E-state index in [1.807, 2.05) is 13.8 Å². The molecule has 5 fully saturated rings. The molecule has 5 aliphatic rings. The average Bonchev–Trinajstić information content (AvgIpc) is 3.11. The van der Waals surface area contributed by atoms with Gasteiger partial charge in [-0.15, -0.1) is 0 Å². The largest absolute Gasteiger partial charge is 0.341 e. The van der Waals surface area contributed by atoms with Crippen LogP contribution < -0.4 is 10.2 Å². The van der Waals surface area contributed by atoms with Crippen molar-refractivity contribution in [2.45, 2.75) is 71.6 Å². The van der Waals surface area contributed by atoms with Gasteiger partial charge in [-0.2, -0.15) is 0 Å². The minimum absolute atomic E-state index is 0.167. The molecule has 4 bridgehead atoms. The van der Waals surface area contributed by atoms with E-state index in [0.29, 0.717) is 6.42 Å². The van der Waals surface area contributed by atoms with Crippen LogP contribution in [0.2, 0.25) is 0 Å². The first kappa shape index (κ1) is 17.4. The molecule has 1 amide bonds. The van der Waals surface area contributed by atoms with Gasteiger partial charge >= 0.3 is 0 Å². The maximum absolute atomic E-state index is 13.0. The third kappa shape index (κ3) is 3.23. The van der Waals surface area contributed by atoms with Crippen molar-refractivity contribution in [2.75, 3.05) is 23.3 Å². The van der Waals surface area contributed by atoms with Gasteiger partial charge in [0.2, 0.25) is 11.9 Å². The van der Waals surface area contributed by atoms with Gasteiger partial charge in [-0.05, 0) is 88.4 Å². The quantitative estimate of drug-likeness (QED) is 0.864. The van der Waals surface area contributed by atoms with Gasteiger partial charge in [0.05, 0.1) is 17.1 Å². The van der Waals surface area contributed by atoms with Crippen LogP contribution in [-0.2, 0) is 4.79 Å². The summed E-state index contributed by atoms with van der Waals surface area (Å²) in [4.78, 5) is 24.6. The molecule has 1 saturated heterocycles. The van der Waals surface area contributed by atoms with Crippen LogP contribution in [0, 0.1) is 37.0 Å². The van der Waals surface area contributed by atoms with Crippen molar-refractivity contribution in [1.29, 1.82) is 0 Å². The highest BCUT2D eigenvalue weighted by molar-refractivity contribution is 5.92. The van der Waals surface area contributed by atoms with Crippen molar-refractivity contribution in [3.05, 3.63) is 11.4 Å². The summed E-state index contributed by atoms with van der Waals surface area (Å²) in [5, 5.41) is 3.19. The summed E-state index contributed by atoms with van der Waals surface area (Å²) < 4.78 is 0. The standard InChI is InChI=1S/C22H32N4O/c1-14-20(15(2)24-21(23-14)26-5-3-4-6-26)25-19(27)13-22-10-16-7-17(11-22)9-18(8-16)12-22/h16-18H,3-13H2,1-2H3,(H,25,27). The maximum Gasteiger partial charge on any atom is 0.225 e. The number of nitrogens with zero attached hydrogens (tertiary/aromatic N) is 3. The van der Waals surface area contributed by atoms with E-state index < -0.39 is 0 Å². The first-order valence-corrected chi connectivity index (χ1v) is 10.9. The van der Waals surface area contributed by atoms with Crippen LogP contribution >= 0.6 is 0 Å². The van der Waals surface area contributed by atoms with Gasteiger partial charge in [0.1, 0.15) is 0 Å². The molecule has 5 heteroatoms. The average molecular weight is 369 g/mol. The summed E-state index contributed by atoms with van der Waals surface area (Å²) in [5.74, 6) is 3.64. The number of anilines is 2. The summed E-state index contributed by atoms with van der Waals surface area (Å²) in [6.07, 6.45) is 11.2. The molecule has 1 aromatic rings. The van der Waals surface area contributed by atoms with Crippen LogP contribution in [0.3, 0.4) is 0 Å². The van der Waals surface area contributed by atoms with E-state index in [0.717, 1.165) is 53.9 Å². The van der Waals surface area contributed by atoms with Gasteiger partial charge in [0.25, 0.3) is 0 Å². The Morgan fingerprint density at radius 1 is 1.00 bits per heavy atom. The van der Waals surface area contributed by atoms with Gasteiger partial charge < -0.3 is 10.2 Å². The van der Waals surface area contributed by atoms with E-state index in [1.165, 1.54) is 51.4 Å². The van der Waals surface area contributed by atoms with Crippen LogP contribution in [0.15, 0.2) is 0 Å². The predicted molar refractivity (Wildman–Crippen MR) is 107 cm³/mol. The van der Waals surface area contributed by atoms with E-state index in [1.54, 1.807) is 0 Å². The lowest BCUT2D eigenvalue weighted by Gasteiger charge is -2.56. The van der Waals surface area contributed by atoms with Crippen molar-refractivity contribution >= 4 is 17.5 Å². The van der Waals surface area contributed by atoms with Crippen molar-refractivity contribution < 1.29 is 4.79 Å². The van der Waals surface area contributed by atoms with E-state index in [9.17, 15) is 4.79 Å². The molecule has 1 N–H and O–H groups in total. The lowest BCUT2D eigenvalue weighted by atomic mass is 9.49. The normalized spacial score (nSPS) is 34.3. The van der Waals surface area contributed by atoms with Crippen LogP contribution in [0.4, 0.5) is 11.6 Å². The third-order valence-electron chi connectivity index (χ3n) is 7.61. The second-order valence-electron chi connectivity index (χ2n) is 9.91. The van der Waals surface area contributed by atoms with Crippen molar-refractivity contribution in [3.8, 4) is 0 Å². The number of amides is 1. The fraction of sp³-hybridized carbons (Fsp3) is 0.773. The Morgan fingerprint density at radius 2 is 1.52 bits per heavy atom. The molecule has 0 unspecified atom stereocenters. The maximum atomic E-state index is 13.0. The van der Waals surface area contributed by atoms with Gasteiger partial charge in [0.15, 0.2) is 0 Å². The van der Waals surface area contributed by atoms with Gasteiger partial charge in [-0.1, -0.05) is 0 Å². The Labute approximate surface area is 162 Å². The molecule has 4 aliphatic carbocycles. The van der Waals surface area contributed by atoms with Crippen molar-refractivity contribution in [3.63, 3.8) is 0 Å². The highest BCUT2D eigenvalue weighted by atomic mass is 16.1. The van der Waals surface area contributed by atoms with Gasteiger partial charge in [0, 0.05) is 19.5 Å². The lowest BCUT2D eigenvalue weighted by molar-refractivity contribution is -0.124. The monoisotopic (exact) mass is 368 g/mol. The smallest absolute Gasteiger partial charge is 0.225 e. The summed E-state index contributed by atoms with van der Waals surface area (Å²) in [5.41, 5.74) is 2.89. The van der Waals surface area contributed by atoms with Crippen LogP contribution in [0.5, 0.6) is 0 Å². The van der Waals surface area contributed by atoms with Crippen molar-refractivity contribution in [1.82, 2.24) is 9.97 Å². The summed E-state index contributed by atoms with van der Waals surface area (Å²) in [6, 6.07) is 0. The Hall–Kier alpha value is -1.65. The molecule has 146 valence electrons. The third-order valence-corrected chi connectivity index (χ3v) is 7.61. The molecule has 27 heavy (non-hydrogen) atoms. The number of hydrogen-bond donors (Lipinski definition) is 1. The predicted octanol–water partition coefficient (Wildman–Crippen LogP) is 4.24. The number of carbonyl (C=O) groups excluding carboxylic acids is 1. The Morgan fingerprint density at radius 3 is 2.04 bits per heavy atom. The molecule has 5 nitrogen and oxygen atoms in total. The Bertz CT molecular complexity index is 694. The van der Waals surface area contributed by atoms with Crippen LogP contribution in [0.25, 0.3) is 0 Å². The fourth-order valence-electron chi connectivity index (χ4n) is 6.97. The number of aromatic nitrogens is 2. The topological polar surface area (TPSA) is 58.1 Å². The zero-order valence-corrected chi connectivity index (χ0v) is 16.8. The number of hydrogen-bond acceptors (Lipinski definition) is 4. The molecule has 6 rings (SSSR count). The molecule has 0 atom stereocenters. The summed E-state index contributed by atoms with van der Waals surface area (Å²) >= 11 is 0. The molecular formula is C22H32N4O. The lowest BCUT2D eigenvalue weighted by Crippen LogP contribution is -2.47. The molecule has 2 heterocycles.